The van der Waals surface area contributed by atoms with Crippen LogP contribution in [0.25, 0.3) is 0 Å². The lowest BCUT2D eigenvalue weighted by Crippen LogP contribution is -2.52. The highest BCUT2D eigenvalue weighted by atomic mass is 16.2. The molecular formula is C25H31N5O2. The van der Waals surface area contributed by atoms with Gasteiger partial charge in [0.1, 0.15) is 0 Å². The van der Waals surface area contributed by atoms with E-state index in [-0.39, 0.29) is 11.8 Å². The molecule has 2 aliphatic rings. The van der Waals surface area contributed by atoms with E-state index in [4.69, 9.17) is 0 Å². The molecule has 0 spiro atoms. The molecule has 168 valence electrons. The summed E-state index contributed by atoms with van der Waals surface area (Å²) < 4.78 is 0. The van der Waals surface area contributed by atoms with Crippen molar-refractivity contribution in [2.75, 3.05) is 26.7 Å². The Morgan fingerprint density at radius 3 is 2.31 bits per heavy atom. The van der Waals surface area contributed by atoms with Gasteiger partial charge >= 0.3 is 0 Å². The topological polar surface area (TPSA) is 77.0 Å². The van der Waals surface area contributed by atoms with Crippen molar-refractivity contribution in [2.24, 2.45) is 4.99 Å². The number of amides is 2. The number of imide groups is 1. The van der Waals surface area contributed by atoms with E-state index in [0.29, 0.717) is 42.3 Å². The van der Waals surface area contributed by atoms with Gasteiger partial charge in [0.05, 0.1) is 11.1 Å². The lowest BCUT2D eigenvalue weighted by atomic mass is 9.97. The van der Waals surface area contributed by atoms with Gasteiger partial charge in [0.15, 0.2) is 5.96 Å². The number of hydrogen-bond donors (Lipinski definition) is 2. The average molecular weight is 434 g/mol. The van der Waals surface area contributed by atoms with Crippen molar-refractivity contribution in [2.45, 2.75) is 38.4 Å². The van der Waals surface area contributed by atoms with Crippen LogP contribution < -0.4 is 10.6 Å². The zero-order chi connectivity index (χ0) is 22.5. The Bertz CT molecular complexity index is 956. The molecule has 0 bridgehead atoms. The zero-order valence-corrected chi connectivity index (χ0v) is 18.8. The molecule has 2 N–H and O–H groups in total. The van der Waals surface area contributed by atoms with Crippen LogP contribution in [0.3, 0.4) is 0 Å². The molecule has 2 aromatic carbocycles. The van der Waals surface area contributed by atoms with Crippen LogP contribution in [0.15, 0.2) is 59.6 Å². The summed E-state index contributed by atoms with van der Waals surface area (Å²) in [4.78, 5) is 33.1. The van der Waals surface area contributed by atoms with Crippen molar-refractivity contribution >= 4 is 17.8 Å². The van der Waals surface area contributed by atoms with E-state index >= 15 is 0 Å². The largest absolute Gasteiger partial charge is 0.355 e. The van der Waals surface area contributed by atoms with Gasteiger partial charge in [-0.25, -0.2) is 0 Å². The van der Waals surface area contributed by atoms with Crippen LogP contribution in [0.5, 0.6) is 0 Å². The maximum Gasteiger partial charge on any atom is 0.261 e. The smallest absolute Gasteiger partial charge is 0.261 e. The summed E-state index contributed by atoms with van der Waals surface area (Å²) in [5, 5.41) is 6.77. The first-order valence-corrected chi connectivity index (χ1v) is 11.3. The average Bonchev–Trinajstić information content (AvgIpc) is 3.06. The Labute approximate surface area is 189 Å². The second-order valence-electron chi connectivity index (χ2n) is 8.48. The third kappa shape index (κ3) is 4.83. The number of piperidine rings is 1. The lowest BCUT2D eigenvalue weighted by molar-refractivity contribution is 0.0657. The molecule has 32 heavy (non-hydrogen) atoms. The van der Waals surface area contributed by atoms with Crippen LogP contribution in [-0.4, -0.2) is 66.3 Å². The van der Waals surface area contributed by atoms with E-state index < -0.39 is 0 Å². The predicted octanol–water partition coefficient (Wildman–Crippen LogP) is 2.50. The molecule has 2 aromatic rings. The number of likely N-dealkylation sites (tertiary alicyclic amines) is 1. The molecule has 2 unspecified atom stereocenters. The lowest BCUT2D eigenvalue weighted by Gasteiger charge is -2.38. The standard InChI is InChI=1S/C25H31N5O2/c1-18-16-20(12-14-29(18)17-19-8-4-3-5-9-19)28-25(26-2)27-13-15-30-23(31)21-10-6-7-11-22(21)24(30)32/h3-11,18,20H,12-17H2,1-2H3,(H2,26,27,28). The van der Waals surface area contributed by atoms with Gasteiger partial charge < -0.3 is 10.6 Å². The highest BCUT2D eigenvalue weighted by molar-refractivity contribution is 6.21. The summed E-state index contributed by atoms with van der Waals surface area (Å²) in [6.07, 6.45) is 2.07. The first-order valence-electron chi connectivity index (χ1n) is 11.3. The molecule has 2 heterocycles. The Morgan fingerprint density at radius 1 is 1.03 bits per heavy atom. The van der Waals surface area contributed by atoms with Crippen molar-refractivity contribution in [1.29, 1.82) is 0 Å². The summed E-state index contributed by atoms with van der Waals surface area (Å²) in [6.45, 7) is 5.03. The first-order chi connectivity index (χ1) is 15.6. The fraction of sp³-hybridized carbons (Fsp3) is 0.400. The SMILES string of the molecule is CN=C(NCCN1C(=O)c2ccccc2C1=O)NC1CCN(Cc2ccccc2)C(C)C1. The van der Waals surface area contributed by atoms with E-state index in [2.05, 4.69) is 57.8 Å². The normalized spacial score (nSPS) is 21.6. The van der Waals surface area contributed by atoms with Gasteiger partial charge in [-0.15, -0.1) is 0 Å². The van der Waals surface area contributed by atoms with Crippen molar-refractivity contribution in [3.05, 3.63) is 71.3 Å². The molecule has 2 atom stereocenters. The summed E-state index contributed by atoms with van der Waals surface area (Å²) in [5.41, 5.74) is 2.31. The van der Waals surface area contributed by atoms with Gasteiger partial charge in [0, 0.05) is 45.3 Å². The van der Waals surface area contributed by atoms with Gasteiger partial charge in [0.2, 0.25) is 0 Å². The van der Waals surface area contributed by atoms with Crippen LogP contribution in [0.2, 0.25) is 0 Å². The fourth-order valence-corrected chi connectivity index (χ4v) is 4.52. The van der Waals surface area contributed by atoms with E-state index in [1.165, 1.54) is 10.5 Å². The molecule has 0 aromatic heterocycles. The maximum atomic E-state index is 12.5. The number of rotatable bonds is 6. The monoisotopic (exact) mass is 433 g/mol. The third-order valence-corrected chi connectivity index (χ3v) is 6.31. The first kappa shape index (κ1) is 22.0. The number of aliphatic imine (C=N–C) groups is 1. The van der Waals surface area contributed by atoms with Crippen molar-refractivity contribution in [1.82, 2.24) is 20.4 Å². The molecule has 0 saturated carbocycles. The van der Waals surface area contributed by atoms with Gasteiger partial charge in [-0.2, -0.15) is 0 Å². The van der Waals surface area contributed by atoms with Gasteiger partial charge in [-0.1, -0.05) is 42.5 Å². The molecule has 1 fully saturated rings. The minimum Gasteiger partial charge on any atom is -0.355 e. The molecule has 0 aliphatic carbocycles. The number of benzene rings is 2. The number of hydrogen-bond acceptors (Lipinski definition) is 4. The zero-order valence-electron chi connectivity index (χ0n) is 18.8. The molecule has 1 saturated heterocycles. The predicted molar refractivity (Wildman–Crippen MR) is 126 cm³/mol. The number of fused-ring (bicyclic) bond motifs is 1. The molecule has 0 radical (unpaired) electrons. The molecule has 4 rings (SSSR count). The highest BCUT2D eigenvalue weighted by Gasteiger charge is 2.34. The number of nitrogens with zero attached hydrogens (tertiary/aromatic N) is 3. The van der Waals surface area contributed by atoms with Gasteiger partial charge in [0.25, 0.3) is 11.8 Å². The number of carbonyl (C=O) groups excluding carboxylic acids is 2. The Hall–Kier alpha value is -3.19. The Balaban J connectivity index is 1.24. The minimum atomic E-state index is -0.227. The van der Waals surface area contributed by atoms with E-state index in [1.54, 1.807) is 31.3 Å². The fourth-order valence-electron chi connectivity index (χ4n) is 4.52. The van der Waals surface area contributed by atoms with E-state index in [0.717, 1.165) is 25.9 Å². The Kier molecular flexibility index (Phi) is 6.85. The summed E-state index contributed by atoms with van der Waals surface area (Å²) in [5.74, 6) is 0.250. The molecule has 7 nitrogen and oxygen atoms in total. The summed E-state index contributed by atoms with van der Waals surface area (Å²) in [7, 11) is 1.74. The third-order valence-electron chi connectivity index (χ3n) is 6.31. The van der Waals surface area contributed by atoms with Crippen molar-refractivity contribution < 1.29 is 9.59 Å². The molecule has 2 aliphatic heterocycles. The quantitative estimate of drug-likeness (QED) is 0.416. The summed E-state index contributed by atoms with van der Waals surface area (Å²) >= 11 is 0. The van der Waals surface area contributed by atoms with Crippen LogP contribution in [0.1, 0.15) is 46.0 Å². The highest BCUT2D eigenvalue weighted by Crippen LogP contribution is 2.22. The maximum absolute atomic E-state index is 12.5. The summed E-state index contributed by atoms with van der Waals surface area (Å²) in [6, 6.07) is 18.4. The second kappa shape index (κ2) is 9.96. The van der Waals surface area contributed by atoms with E-state index in [1.807, 2.05) is 0 Å². The van der Waals surface area contributed by atoms with Crippen LogP contribution in [0, 0.1) is 0 Å². The molecule has 2 amide bonds. The van der Waals surface area contributed by atoms with Crippen LogP contribution in [0.4, 0.5) is 0 Å². The van der Waals surface area contributed by atoms with E-state index in [9.17, 15) is 9.59 Å². The van der Waals surface area contributed by atoms with Crippen molar-refractivity contribution in [3.8, 4) is 0 Å². The van der Waals surface area contributed by atoms with Crippen LogP contribution >= 0.6 is 0 Å². The number of guanidine groups is 1. The minimum absolute atomic E-state index is 0.227. The van der Waals surface area contributed by atoms with Gasteiger partial charge in [-0.3, -0.25) is 24.4 Å². The van der Waals surface area contributed by atoms with Crippen LogP contribution in [-0.2, 0) is 6.54 Å². The van der Waals surface area contributed by atoms with Gasteiger partial charge in [-0.05, 0) is 37.5 Å². The second-order valence-corrected chi connectivity index (χ2v) is 8.48. The number of carbonyl (C=O) groups is 2. The molecular weight excluding hydrogens is 402 g/mol. The molecule has 7 heteroatoms. The number of nitrogens with one attached hydrogen (secondary N) is 2. The Morgan fingerprint density at radius 2 is 1.69 bits per heavy atom. The van der Waals surface area contributed by atoms with Crippen molar-refractivity contribution in [3.63, 3.8) is 0 Å².